The van der Waals surface area contributed by atoms with Crippen molar-refractivity contribution in [1.29, 1.82) is 0 Å². The minimum atomic E-state index is 0.713. The summed E-state index contributed by atoms with van der Waals surface area (Å²) in [5, 5.41) is 11.0. The van der Waals surface area contributed by atoms with Gasteiger partial charge in [-0.25, -0.2) is 0 Å². The molecule has 4 aliphatic rings. The molecule has 2 heteroatoms. The molecule has 2 nitrogen and oxygen atoms in total. The van der Waals surface area contributed by atoms with Crippen molar-refractivity contribution in [1.82, 2.24) is 0 Å². The van der Waals surface area contributed by atoms with Crippen molar-refractivity contribution in [3.05, 3.63) is 58.7 Å². The fourth-order valence-electron chi connectivity index (χ4n) is 6.23. The van der Waals surface area contributed by atoms with Gasteiger partial charge in [0.05, 0.1) is 6.21 Å². The van der Waals surface area contributed by atoms with E-state index in [0.29, 0.717) is 5.41 Å². The molecule has 27 heavy (non-hydrogen) atoms. The number of benzene rings is 1. The Morgan fingerprint density at radius 3 is 2.70 bits per heavy atom. The molecule has 0 bridgehead atoms. The van der Waals surface area contributed by atoms with E-state index >= 15 is 0 Å². The Morgan fingerprint density at radius 2 is 1.89 bits per heavy atom. The van der Waals surface area contributed by atoms with E-state index in [1.165, 1.54) is 70.4 Å². The van der Waals surface area contributed by atoms with Crippen LogP contribution in [-0.4, -0.2) is 11.4 Å². The first-order valence-electron chi connectivity index (χ1n) is 10.8. The van der Waals surface area contributed by atoms with Crippen LogP contribution in [0.25, 0.3) is 0 Å². The molecule has 4 aliphatic carbocycles. The monoisotopic (exact) mass is 363 g/mol. The van der Waals surface area contributed by atoms with Gasteiger partial charge in [0.15, 0.2) is 0 Å². The Balaban J connectivity index is 0.000000170. The highest BCUT2D eigenvalue weighted by Gasteiger charge is 2.48. The summed E-state index contributed by atoms with van der Waals surface area (Å²) in [4.78, 5) is 0. The zero-order valence-electron chi connectivity index (χ0n) is 16.7. The standard InChI is InChI=1S/C18H26.C7H7NO/c1-18-11-4-7-17(18)16-9-8-13-5-2-3-6-14(13)15(16)10-12-18;9-8-6-7-4-2-1-3-5-7/h5,16-17H,2-4,6-12H2,1H3;1-6,9H/t16-,17+,18+;/m1./s1. The van der Waals surface area contributed by atoms with Gasteiger partial charge in [-0.15, -0.1) is 0 Å². The number of hydrogen-bond acceptors (Lipinski definition) is 2. The highest BCUT2D eigenvalue weighted by atomic mass is 16.4. The third kappa shape index (κ3) is 3.77. The van der Waals surface area contributed by atoms with Crippen LogP contribution in [-0.2, 0) is 0 Å². The Kier molecular flexibility index (Phi) is 5.52. The van der Waals surface area contributed by atoms with Gasteiger partial charge >= 0.3 is 0 Å². The van der Waals surface area contributed by atoms with Crippen LogP contribution in [0.3, 0.4) is 0 Å². The van der Waals surface area contributed by atoms with Crippen molar-refractivity contribution in [2.75, 3.05) is 0 Å². The lowest BCUT2D eigenvalue weighted by atomic mass is 9.58. The van der Waals surface area contributed by atoms with Crippen molar-refractivity contribution in [2.45, 2.75) is 71.1 Å². The molecule has 0 spiro atoms. The molecule has 3 atom stereocenters. The summed E-state index contributed by atoms with van der Waals surface area (Å²) >= 11 is 0. The zero-order valence-corrected chi connectivity index (χ0v) is 16.7. The number of rotatable bonds is 1. The maximum atomic E-state index is 8.09. The first-order valence-corrected chi connectivity index (χ1v) is 10.8. The lowest BCUT2D eigenvalue weighted by molar-refractivity contribution is 0.118. The average molecular weight is 364 g/mol. The number of oxime groups is 1. The van der Waals surface area contributed by atoms with E-state index in [9.17, 15) is 0 Å². The largest absolute Gasteiger partial charge is 0.411 e. The van der Waals surface area contributed by atoms with Gasteiger partial charge in [0.2, 0.25) is 0 Å². The summed E-state index contributed by atoms with van der Waals surface area (Å²) in [6.45, 7) is 2.60. The van der Waals surface area contributed by atoms with Gasteiger partial charge in [0.25, 0.3) is 0 Å². The van der Waals surface area contributed by atoms with Crippen LogP contribution in [0.15, 0.2) is 58.3 Å². The van der Waals surface area contributed by atoms with E-state index in [4.69, 9.17) is 5.21 Å². The molecule has 1 aromatic carbocycles. The first kappa shape index (κ1) is 18.5. The summed E-state index contributed by atoms with van der Waals surface area (Å²) in [5.41, 5.74) is 7.14. The van der Waals surface area contributed by atoms with E-state index < -0.39 is 0 Å². The lowest BCUT2D eigenvalue weighted by Gasteiger charge is -2.47. The van der Waals surface area contributed by atoms with Crippen LogP contribution < -0.4 is 0 Å². The van der Waals surface area contributed by atoms with Crippen LogP contribution >= 0.6 is 0 Å². The SMILES string of the molecule is C[C@@]12CCC[C@H]1[C@@H]1CCC3=CCCCC3=C1CC2.ON=Cc1ccccc1. The first-order chi connectivity index (χ1) is 13.2. The van der Waals surface area contributed by atoms with Gasteiger partial charge in [-0.3, -0.25) is 0 Å². The molecule has 0 amide bonds. The molecule has 0 saturated heterocycles. The number of fused-ring (bicyclic) bond motifs is 4. The summed E-state index contributed by atoms with van der Waals surface area (Å²) in [6.07, 6.45) is 18.4. The molecule has 2 saturated carbocycles. The van der Waals surface area contributed by atoms with Crippen LogP contribution in [0.4, 0.5) is 0 Å². The summed E-state index contributed by atoms with van der Waals surface area (Å²) in [6, 6.07) is 9.40. The Hall–Kier alpha value is -1.83. The number of hydrogen-bond donors (Lipinski definition) is 1. The van der Waals surface area contributed by atoms with Crippen LogP contribution in [0.2, 0.25) is 0 Å². The highest BCUT2D eigenvalue weighted by Crippen LogP contribution is 2.59. The molecule has 0 aliphatic heterocycles. The molecule has 2 fully saturated rings. The topological polar surface area (TPSA) is 32.6 Å². The van der Waals surface area contributed by atoms with Gasteiger partial charge in [-0.05, 0) is 91.7 Å². The molecule has 0 radical (unpaired) electrons. The minimum Gasteiger partial charge on any atom is -0.411 e. The second kappa shape index (κ2) is 8.04. The summed E-state index contributed by atoms with van der Waals surface area (Å²) in [5.74, 6) is 2.02. The van der Waals surface area contributed by atoms with Crippen molar-refractivity contribution in [3.8, 4) is 0 Å². The maximum Gasteiger partial charge on any atom is 0.0733 e. The lowest BCUT2D eigenvalue weighted by Crippen LogP contribution is -2.36. The normalized spacial score (nSPS) is 32.1. The molecule has 0 unspecified atom stereocenters. The van der Waals surface area contributed by atoms with E-state index in [1.807, 2.05) is 41.5 Å². The third-order valence-corrected chi connectivity index (χ3v) is 7.58. The molecule has 0 aromatic heterocycles. The van der Waals surface area contributed by atoms with E-state index in [2.05, 4.69) is 18.2 Å². The van der Waals surface area contributed by atoms with E-state index in [1.54, 1.807) is 5.57 Å². The second-order valence-corrected chi connectivity index (χ2v) is 9.08. The maximum absolute atomic E-state index is 8.09. The molecular weight excluding hydrogens is 330 g/mol. The van der Waals surface area contributed by atoms with E-state index in [-0.39, 0.29) is 0 Å². The second-order valence-electron chi connectivity index (χ2n) is 9.08. The zero-order chi connectivity index (χ0) is 18.7. The Labute approximate surface area is 164 Å². The van der Waals surface area contributed by atoms with Gasteiger partial charge in [0.1, 0.15) is 0 Å². The molecule has 1 aromatic rings. The number of nitrogens with zero attached hydrogens (tertiary/aromatic N) is 1. The molecule has 0 heterocycles. The van der Waals surface area contributed by atoms with Crippen LogP contribution in [0.1, 0.15) is 76.7 Å². The Morgan fingerprint density at radius 1 is 1.04 bits per heavy atom. The van der Waals surface area contributed by atoms with Gasteiger partial charge in [-0.1, -0.05) is 60.5 Å². The fourth-order valence-corrected chi connectivity index (χ4v) is 6.23. The molecule has 144 valence electrons. The van der Waals surface area contributed by atoms with Crippen LogP contribution in [0.5, 0.6) is 0 Å². The van der Waals surface area contributed by atoms with Crippen molar-refractivity contribution >= 4 is 6.21 Å². The van der Waals surface area contributed by atoms with Crippen molar-refractivity contribution in [3.63, 3.8) is 0 Å². The minimum absolute atomic E-state index is 0.713. The quantitative estimate of drug-likeness (QED) is 0.328. The van der Waals surface area contributed by atoms with Crippen LogP contribution in [0, 0.1) is 17.3 Å². The smallest absolute Gasteiger partial charge is 0.0733 e. The fraction of sp³-hybridized carbons (Fsp3) is 0.560. The molecule has 1 N–H and O–H groups in total. The number of allylic oxidation sites excluding steroid dienone is 4. The molecular formula is C25H33NO. The highest BCUT2D eigenvalue weighted by molar-refractivity contribution is 5.78. The van der Waals surface area contributed by atoms with Crippen molar-refractivity contribution in [2.24, 2.45) is 22.4 Å². The van der Waals surface area contributed by atoms with Gasteiger partial charge < -0.3 is 5.21 Å². The van der Waals surface area contributed by atoms with Crippen molar-refractivity contribution < 1.29 is 5.21 Å². The van der Waals surface area contributed by atoms with E-state index in [0.717, 1.165) is 17.4 Å². The van der Waals surface area contributed by atoms with Gasteiger partial charge in [-0.2, -0.15) is 0 Å². The average Bonchev–Trinajstić information content (AvgIpc) is 3.11. The summed E-state index contributed by atoms with van der Waals surface area (Å²) in [7, 11) is 0. The predicted octanol–water partition coefficient (Wildman–Crippen LogP) is 6.90. The van der Waals surface area contributed by atoms with Gasteiger partial charge in [0, 0.05) is 0 Å². The molecule has 5 rings (SSSR count). The predicted molar refractivity (Wildman–Crippen MR) is 112 cm³/mol. The Bertz CT molecular complexity index is 745. The summed E-state index contributed by atoms with van der Waals surface area (Å²) < 4.78 is 0. The third-order valence-electron chi connectivity index (χ3n) is 7.58.